The minimum Gasteiger partial charge on any atom is -0.380 e. The number of pyridine rings is 1. The molecule has 5 rings (SSSR count). The Labute approximate surface area is 246 Å². The first-order chi connectivity index (χ1) is 19.8. The summed E-state index contributed by atoms with van der Waals surface area (Å²) in [5.41, 5.74) is 0.910. The normalized spacial score (nSPS) is 17.0. The quantitative estimate of drug-likeness (QED) is 0.419. The van der Waals surface area contributed by atoms with E-state index in [1.165, 1.54) is 22.1 Å². The molecular weight excluding hydrogens is 570 g/mol. The lowest BCUT2D eigenvalue weighted by Crippen LogP contribution is -2.47. The number of ether oxygens (including phenoxy) is 2. The number of fused-ring (bicyclic) bond motifs is 1. The molecular formula is C27H34ClN7O5S. The maximum absolute atomic E-state index is 13.4. The Morgan fingerprint density at radius 1 is 1.17 bits per heavy atom. The van der Waals surface area contributed by atoms with Gasteiger partial charge in [-0.05, 0) is 45.2 Å². The lowest BCUT2D eigenvalue weighted by atomic mass is 10.0. The molecule has 0 unspecified atom stereocenters. The van der Waals surface area contributed by atoms with E-state index in [1.807, 2.05) is 0 Å². The monoisotopic (exact) mass is 603 g/mol. The number of amides is 3. The van der Waals surface area contributed by atoms with E-state index in [9.17, 15) is 14.4 Å². The van der Waals surface area contributed by atoms with E-state index in [1.54, 1.807) is 22.4 Å². The van der Waals surface area contributed by atoms with E-state index < -0.39 is 12.0 Å². The minimum atomic E-state index is -0.650. The molecule has 14 heteroatoms. The molecule has 3 amide bonds. The van der Waals surface area contributed by atoms with Gasteiger partial charge in [0.1, 0.15) is 22.8 Å². The molecule has 0 spiro atoms. The van der Waals surface area contributed by atoms with Gasteiger partial charge >= 0.3 is 12.1 Å². The Morgan fingerprint density at radius 3 is 2.71 bits per heavy atom. The van der Waals surface area contributed by atoms with Gasteiger partial charge in [0.25, 0.3) is 5.91 Å². The number of nitrogens with one attached hydrogen (secondary N) is 2. The van der Waals surface area contributed by atoms with E-state index >= 15 is 0 Å². The number of carbonyl (C=O) groups excluding carboxylic acids is 3. The third kappa shape index (κ3) is 7.15. The molecule has 2 fully saturated rings. The molecule has 0 bridgehead atoms. The first-order valence-corrected chi connectivity index (χ1v) is 15.0. The highest BCUT2D eigenvalue weighted by Gasteiger charge is 2.28. The molecule has 220 valence electrons. The summed E-state index contributed by atoms with van der Waals surface area (Å²) in [6.45, 7) is 8.03. The summed E-state index contributed by atoms with van der Waals surface area (Å²) in [6, 6.07) is 3.58. The summed E-state index contributed by atoms with van der Waals surface area (Å²) in [5.74, 6) is -0.245. The SMILES string of the molecule is CC(C)N1CCC(NC(=O)Oc2nc3c(C(=O)N4CCCOCC4)scc3n2CC(=O)Nc2ccc(Cl)cn2)CC1. The number of likely N-dealkylation sites (tertiary alicyclic amines) is 1. The van der Waals surface area contributed by atoms with Crippen LogP contribution in [0.2, 0.25) is 5.02 Å². The number of hydrogen-bond acceptors (Lipinski definition) is 9. The fourth-order valence-corrected chi connectivity index (χ4v) is 6.06. The van der Waals surface area contributed by atoms with Crippen molar-refractivity contribution in [2.24, 2.45) is 0 Å². The van der Waals surface area contributed by atoms with E-state index in [0.29, 0.717) is 59.1 Å². The first kappa shape index (κ1) is 29.2. The van der Waals surface area contributed by atoms with Gasteiger partial charge in [-0.15, -0.1) is 11.3 Å². The number of imidazole rings is 1. The summed E-state index contributed by atoms with van der Waals surface area (Å²) in [7, 11) is 0. The standard InChI is InChI=1S/C27H34ClN7O5S/c1-17(2)33-9-6-19(7-10-33)30-27(38)40-26-32-23-20(16-41-24(23)25(37)34-8-3-12-39-13-11-34)35(26)15-22(36)31-21-5-4-18(28)14-29-21/h4-5,14,16-17,19H,3,6-13,15H2,1-2H3,(H,30,38)(H,29,31,36). The summed E-state index contributed by atoms with van der Waals surface area (Å²) in [4.78, 5) is 52.5. The molecule has 2 aliphatic heterocycles. The molecule has 41 heavy (non-hydrogen) atoms. The van der Waals surface area contributed by atoms with Gasteiger partial charge in [-0.2, -0.15) is 4.98 Å². The lowest BCUT2D eigenvalue weighted by Gasteiger charge is -2.34. The van der Waals surface area contributed by atoms with Crippen molar-refractivity contribution in [1.82, 2.24) is 29.7 Å². The van der Waals surface area contributed by atoms with Crippen molar-refractivity contribution in [1.29, 1.82) is 0 Å². The maximum Gasteiger partial charge on any atom is 0.415 e. The van der Waals surface area contributed by atoms with Crippen LogP contribution in [-0.4, -0.2) is 93.7 Å². The average Bonchev–Trinajstić information content (AvgIpc) is 3.36. The highest BCUT2D eigenvalue weighted by atomic mass is 35.5. The zero-order valence-corrected chi connectivity index (χ0v) is 24.7. The van der Waals surface area contributed by atoms with Gasteiger partial charge in [-0.3, -0.25) is 14.2 Å². The predicted octanol–water partition coefficient (Wildman–Crippen LogP) is 3.61. The summed E-state index contributed by atoms with van der Waals surface area (Å²) >= 11 is 7.15. The van der Waals surface area contributed by atoms with Crippen LogP contribution in [0.15, 0.2) is 23.7 Å². The molecule has 2 N–H and O–H groups in total. The second kappa shape index (κ2) is 13.1. The molecule has 0 saturated carbocycles. The van der Waals surface area contributed by atoms with Crippen molar-refractivity contribution in [3.63, 3.8) is 0 Å². The number of piperidine rings is 1. The lowest BCUT2D eigenvalue weighted by molar-refractivity contribution is -0.116. The van der Waals surface area contributed by atoms with Crippen LogP contribution in [0.1, 0.15) is 42.8 Å². The van der Waals surface area contributed by atoms with Crippen molar-refractivity contribution >= 4 is 57.7 Å². The number of rotatable bonds is 7. The van der Waals surface area contributed by atoms with Crippen LogP contribution in [0.5, 0.6) is 6.01 Å². The number of thiophene rings is 1. The van der Waals surface area contributed by atoms with Crippen LogP contribution in [0.3, 0.4) is 0 Å². The topological polar surface area (TPSA) is 131 Å². The molecule has 3 aromatic rings. The highest BCUT2D eigenvalue weighted by Crippen LogP contribution is 2.31. The second-order valence-electron chi connectivity index (χ2n) is 10.4. The highest BCUT2D eigenvalue weighted by molar-refractivity contribution is 7.13. The van der Waals surface area contributed by atoms with Crippen molar-refractivity contribution in [3.05, 3.63) is 33.6 Å². The number of carbonyl (C=O) groups is 3. The smallest absolute Gasteiger partial charge is 0.380 e. The van der Waals surface area contributed by atoms with Crippen molar-refractivity contribution < 1.29 is 23.9 Å². The van der Waals surface area contributed by atoms with Gasteiger partial charge in [-0.25, -0.2) is 9.78 Å². The molecule has 0 radical (unpaired) electrons. The van der Waals surface area contributed by atoms with Crippen molar-refractivity contribution in [3.8, 4) is 6.01 Å². The third-order valence-electron chi connectivity index (χ3n) is 7.24. The summed E-state index contributed by atoms with van der Waals surface area (Å²) in [6.07, 6.45) is 3.15. The molecule has 0 atom stereocenters. The van der Waals surface area contributed by atoms with Gasteiger partial charge in [-0.1, -0.05) is 11.6 Å². The van der Waals surface area contributed by atoms with E-state index in [4.69, 9.17) is 21.1 Å². The third-order valence-corrected chi connectivity index (χ3v) is 8.41. The van der Waals surface area contributed by atoms with E-state index in [0.717, 1.165) is 32.4 Å². The van der Waals surface area contributed by atoms with Gasteiger partial charge in [0.2, 0.25) is 5.91 Å². The minimum absolute atomic E-state index is 0.0249. The number of anilines is 1. The molecule has 0 aromatic carbocycles. The van der Waals surface area contributed by atoms with Crippen LogP contribution >= 0.6 is 22.9 Å². The van der Waals surface area contributed by atoms with Crippen molar-refractivity contribution in [2.45, 2.75) is 51.7 Å². The van der Waals surface area contributed by atoms with Gasteiger partial charge in [0.15, 0.2) is 0 Å². The molecule has 2 saturated heterocycles. The Kier molecular flexibility index (Phi) is 9.38. The maximum atomic E-state index is 13.4. The predicted molar refractivity (Wildman–Crippen MR) is 156 cm³/mol. The molecule has 5 heterocycles. The number of nitrogens with zero attached hydrogens (tertiary/aromatic N) is 5. The number of hydrogen-bond donors (Lipinski definition) is 2. The molecule has 0 aliphatic carbocycles. The Hall–Kier alpha value is -3.26. The van der Waals surface area contributed by atoms with Crippen LogP contribution < -0.4 is 15.4 Å². The zero-order valence-electron chi connectivity index (χ0n) is 23.1. The largest absolute Gasteiger partial charge is 0.415 e. The Balaban J connectivity index is 1.36. The molecule has 3 aromatic heterocycles. The van der Waals surface area contributed by atoms with Crippen LogP contribution in [0, 0.1) is 0 Å². The molecule has 2 aliphatic rings. The number of aromatic nitrogens is 3. The van der Waals surface area contributed by atoms with Gasteiger partial charge in [0, 0.05) is 56.4 Å². The van der Waals surface area contributed by atoms with Crippen molar-refractivity contribution in [2.75, 3.05) is 44.7 Å². The van der Waals surface area contributed by atoms with E-state index in [2.05, 4.69) is 39.3 Å². The van der Waals surface area contributed by atoms with E-state index in [-0.39, 0.29) is 24.5 Å². The number of halogens is 1. The van der Waals surface area contributed by atoms with Crippen LogP contribution in [0.25, 0.3) is 11.0 Å². The van der Waals surface area contributed by atoms with Gasteiger partial charge < -0.3 is 29.9 Å². The summed E-state index contributed by atoms with van der Waals surface area (Å²) in [5, 5.41) is 7.85. The fraction of sp³-hybridized carbons (Fsp3) is 0.519. The average molecular weight is 604 g/mol. The van der Waals surface area contributed by atoms with Crippen LogP contribution in [-0.2, 0) is 16.1 Å². The Bertz CT molecular complexity index is 1380. The summed E-state index contributed by atoms with van der Waals surface area (Å²) < 4.78 is 12.7. The Morgan fingerprint density at radius 2 is 1.98 bits per heavy atom. The van der Waals surface area contributed by atoms with Gasteiger partial charge in [0.05, 0.1) is 17.1 Å². The molecule has 12 nitrogen and oxygen atoms in total. The second-order valence-corrected chi connectivity index (χ2v) is 11.7. The fourth-order valence-electron chi connectivity index (χ4n) is 4.99. The van der Waals surface area contributed by atoms with Crippen LogP contribution in [0.4, 0.5) is 10.6 Å². The first-order valence-electron chi connectivity index (χ1n) is 13.8. The zero-order chi connectivity index (χ0) is 28.9.